The normalized spacial score (nSPS) is 14.3. The molecule has 2 aromatic rings. The summed E-state index contributed by atoms with van der Waals surface area (Å²) in [7, 11) is 0. The maximum absolute atomic E-state index is 14.2. The van der Waals surface area contributed by atoms with E-state index in [4.69, 9.17) is 0 Å². The van der Waals surface area contributed by atoms with Gasteiger partial charge in [-0.3, -0.25) is 0 Å². The molecular formula is C14H13F2N3. The molecule has 1 aliphatic rings. The minimum atomic E-state index is -0.588. The van der Waals surface area contributed by atoms with Gasteiger partial charge in [-0.25, -0.2) is 18.7 Å². The number of fused-ring (bicyclic) bond motifs is 1. The van der Waals surface area contributed by atoms with Crippen LogP contribution in [0.25, 0.3) is 11.3 Å². The van der Waals surface area contributed by atoms with Crippen molar-refractivity contribution in [1.29, 1.82) is 0 Å². The number of nitrogens with one attached hydrogen (secondary N) is 1. The van der Waals surface area contributed by atoms with E-state index in [1.165, 1.54) is 18.5 Å². The van der Waals surface area contributed by atoms with Crippen LogP contribution < -0.4 is 5.32 Å². The Morgan fingerprint density at radius 2 is 2.05 bits per heavy atom. The van der Waals surface area contributed by atoms with Crippen LogP contribution in [-0.2, 0) is 13.0 Å². The van der Waals surface area contributed by atoms with Crippen LogP contribution in [0.2, 0.25) is 0 Å². The fourth-order valence-corrected chi connectivity index (χ4v) is 2.36. The number of hydrogen-bond acceptors (Lipinski definition) is 3. The number of nitrogens with zero attached hydrogens (tertiary/aromatic N) is 2. The van der Waals surface area contributed by atoms with Crippen molar-refractivity contribution in [2.45, 2.75) is 19.9 Å². The predicted octanol–water partition coefficient (Wildman–Crippen LogP) is 2.38. The molecule has 0 saturated heterocycles. The summed E-state index contributed by atoms with van der Waals surface area (Å²) in [5.41, 5.74) is 2.37. The molecule has 0 amide bonds. The first-order valence-electron chi connectivity index (χ1n) is 6.17. The molecule has 19 heavy (non-hydrogen) atoms. The Morgan fingerprint density at radius 3 is 2.89 bits per heavy atom. The highest BCUT2D eigenvalue weighted by molar-refractivity contribution is 5.66. The average Bonchev–Trinajstić information content (AvgIpc) is 2.44. The molecule has 0 bridgehead atoms. The van der Waals surface area contributed by atoms with Gasteiger partial charge in [-0.15, -0.1) is 0 Å². The van der Waals surface area contributed by atoms with E-state index in [0.29, 0.717) is 17.8 Å². The summed E-state index contributed by atoms with van der Waals surface area (Å²) in [4.78, 5) is 8.29. The van der Waals surface area contributed by atoms with Gasteiger partial charge in [0.2, 0.25) is 0 Å². The van der Waals surface area contributed by atoms with Gasteiger partial charge < -0.3 is 5.32 Å². The molecule has 1 aliphatic heterocycles. The lowest BCUT2D eigenvalue weighted by Gasteiger charge is -2.19. The topological polar surface area (TPSA) is 37.8 Å². The smallest absolute Gasteiger partial charge is 0.138 e. The number of aromatic nitrogens is 2. The van der Waals surface area contributed by atoms with E-state index in [0.717, 1.165) is 24.2 Å². The van der Waals surface area contributed by atoms with Gasteiger partial charge >= 0.3 is 0 Å². The van der Waals surface area contributed by atoms with Gasteiger partial charge in [-0.1, -0.05) is 6.07 Å². The lowest BCUT2D eigenvalue weighted by atomic mass is 9.98. The Kier molecular flexibility index (Phi) is 2.98. The van der Waals surface area contributed by atoms with Crippen LogP contribution in [0.3, 0.4) is 0 Å². The zero-order valence-electron chi connectivity index (χ0n) is 10.5. The third kappa shape index (κ3) is 2.00. The monoisotopic (exact) mass is 261 g/mol. The van der Waals surface area contributed by atoms with Crippen LogP contribution in [0.1, 0.15) is 16.8 Å². The Labute approximate surface area is 109 Å². The second kappa shape index (κ2) is 4.66. The summed E-state index contributed by atoms with van der Waals surface area (Å²) in [6.45, 7) is 2.98. The van der Waals surface area contributed by atoms with Crippen molar-refractivity contribution in [2.24, 2.45) is 0 Å². The van der Waals surface area contributed by atoms with Crippen molar-refractivity contribution in [3.8, 4) is 11.3 Å². The number of hydrogen-bond donors (Lipinski definition) is 1. The lowest BCUT2D eigenvalue weighted by molar-refractivity contribution is 0.579. The van der Waals surface area contributed by atoms with Gasteiger partial charge in [0, 0.05) is 25.1 Å². The van der Waals surface area contributed by atoms with Crippen LogP contribution in [0.4, 0.5) is 8.78 Å². The van der Waals surface area contributed by atoms with Gasteiger partial charge in [0.1, 0.15) is 18.0 Å². The van der Waals surface area contributed by atoms with Gasteiger partial charge in [-0.05, 0) is 18.6 Å². The number of rotatable bonds is 1. The van der Waals surface area contributed by atoms with E-state index < -0.39 is 11.6 Å². The molecule has 1 N–H and O–H groups in total. The van der Waals surface area contributed by atoms with E-state index >= 15 is 0 Å². The van der Waals surface area contributed by atoms with Gasteiger partial charge in [0.05, 0.1) is 17.0 Å². The molecule has 3 rings (SSSR count). The largest absolute Gasteiger partial charge is 0.312 e. The Bertz CT molecular complexity index is 641. The van der Waals surface area contributed by atoms with E-state index in [9.17, 15) is 8.78 Å². The SMILES string of the molecule is Cc1ccc(F)c(-c2ncnc3c2CNCC3)c1F. The zero-order chi connectivity index (χ0) is 13.4. The summed E-state index contributed by atoms with van der Waals surface area (Å²) < 4.78 is 28.2. The van der Waals surface area contributed by atoms with E-state index in [2.05, 4.69) is 15.3 Å². The molecule has 0 unspecified atom stereocenters. The van der Waals surface area contributed by atoms with Crippen molar-refractivity contribution < 1.29 is 8.78 Å². The van der Waals surface area contributed by atoms with E-state index in [-0.39, 0.29) is 5.56 Å². The van der Waals surface area contributed by atoms with Crippen LogP contribution in [0, 0.1) is 18.6 Å². The standard InChI is InChI=1S/C14H13F2N3/c1-8-2-3-10(15)12(13(8)16)14-9-6-17-5-4-11(9)18-7-19-14/h2-3,7,17H,4-6H2,1H3. The summed E-state index contributed by atoms with van der Waals surface area (Å²) in [6.07, 6.45) is 2.13. The summed E-state index contributed by atoms with van der Waals surface area (Å²) >= 11 is 0. The average molecular weight is 261 g/mol. The van der Waals surface area contributed by atoms with E-state index in [1.807, 2.05) is 0 Å². The van der Waals surface area contributed by atoms with Crippen molar-refractivity contribution in [1.82, 2.24) is 15.3 Å². The first-order chi connectivity index (χ1) is 9.18. The molecule has 0 spiro atoms. The molecule has 98 valence electrons. The third-order valence-electron chi connectivity index (χ3n) is 3.40. The van der Waals surface area contributed by atoms with Crippen molar-refractivity contribution >= 4 is 0 Å². The molecule has 1 aromatic carbocycles. The fourth-order valence-electron chi connectivity index (χ4n) is 2.36. The maximum Gasteiger partial charge on any atom is 0.138 e. The van der Waals surface area contributed by atoms with Gasteiger partial charge in [-0.2, -0.15) is 0 Å². The van der Waals surface area contributed by atoms with Gasteiger partial charge in [0.25, 0.3) is 0 Å². The van der Waals surface area contributed by atoms with Crippen LogP contribution in [0.15, 0.2) is 18.5 Å². The fraction of sp³-hybridized carbons (Fsp3) is 0.286. The van der Waals surface area contributed by atoms with E-state index in [1.54, 1.807) is 6.92 Å². The second-order valence-corrected chi connectivity index (χ2v) is 4.63. The van der Waals surface area contributed by atoms with Crippen molar-refractivity contribution in [2.75, 3.05) is 6.54 Å². The maximum atomic E-state index is 14.2. The van der Waals surface area contributed by atoms with Crippen molar-refractivity contribution in [3.63, 3.8) is 0 Å². The van der Waals surface area contributed by atoms with Gasteiger partial charge in [0.15, 0.2) is 0 Å². The molecule has 2 heterocycles. The number of halogens is 2. The molecule has 5 heteroatoms. The zero-order valence-corrected chi connectivity index (χ0v) is 10.5. The highest BCUT2D eigenvalue weighted by Crippen LogP contribution is 2.30. The Hall–Kier alpha value is -1.88. The molecule has 3 nitrogen and oxygen atoms in total. The highest BCUT2D eigenvalue weighted by atomic mass is 19.1. The molecule has 0 radical (unpaired) electrons. The second-order valence-electron chi connectivity index (χ2n) is 4.63. The minimum absolute atomic E-state index is 0.0534. The molecule has 0 atom stereocenters. The van der Waals surface area contributed by atoms with Crippen LogP contribution >= 0.6 is 0 Å². The number of benzene rings is 1. The first kappa shape index (κ1) is 12.2. The Morgan fingerprint density at radius 1 is 1.21 bits per heavy atom. The highest BCUT2D eigenvalue weighted by Gasteiger charge is 2.22. The first-order valence-corrected chi connectivity index (χ1v) is 6.17. The molecule has 0 aliphatic carbocycles. The summed E-state index contributed by atoms with van der Waals surface area (Å²) in [6, 6.07) is 2.71. The quantitative estimate of drug-likeness (QED) is 0.856. The molecule has 0 fully saturated rings. The van der Waals surface area contributed by atoms with Crippen molar-refractivity contribution in [3.05, 3.63) is 46.9 Å². The summed E-state index contributed by atoms with van der Waals surface area (Å²) in [5.74, 6) is -1.14. The Balaban J connectivity index is 2.26. The number of aryl methyl sites for hydroxylation is 1. The summed E-state index contributed by atoms with van der Waals surface area (Å²) in [5, 5.41) is 3.18. The lowest BCUT2D eigenvalue weighted by Crippen LogP contribution is -2.25. The van der Waals surface area contributed by atoms with Crippen LogP contribution in [0.5, 0.6) is 0 Å². The molecule has 0 saturated carbocycles. The minimum Gasteiger partial charge on any atom is -0.312 e. The van der Waals surface area contributed by atoms with Crippen LogP contribution in [-0.4, -0.2) is 16.5 Å². The molecular weight excluding hydrogens is 248 g/mol. The predicted molar refractivity (Wildman–Crippen MR) is 67.5 cm³/mol. The molecule has 1 aromatic heterocycles. The third-order valence-corrected chi connectivity index (χ3v) is 3.40.